The molecular weight excluding hydrogens is 248 g/mol. The van der Waals surface area contributed by atoms with Crippen LogP contribution in [0.2, 0.25) is 0 Å². The van der Waals surface area contributed by atoms with Gasteiger partial charge < -0.3 is 10.2 Å². The molecule has 0 fully saturated rings. The van der Waals surface area contributed by atoms with Gasteiger partial charge in [0.2, 0.25) is 0 Å². The van der Waals surface area contributed by atoms with E-state index in [2.05, 4.69) is 10.4 Å². The number of hydrazine groups is 1. The number of hydrogen-bond acceptors (Lipinski definition) is 6. The van der Waals surface area contributed by atoms with Gasteiger partial charge in [-0.2, -0.15) is 0 Å². The number of aromatic nitrogens is 1. The summed E-state index contributed by atoms with van der Waals surface area (Å²) < 4.78 is 5.18. The molecule has 1 aromatic carbocycles. The maximum atomic E-state index is 11.1. The summed E-state index contributed by atoms with van der Waals surface area (Å²) in [5.41, 5.74) is 3.73. The number of rotatable bonds is 4. The fraction of sp³-hybridized carbons (Fsp3) is 0.250. The average Bonchev–Trinajstić information content (AvgIpc) is 2.44. The predicted octanol–water partition coefficient (Wildman–Crippen LogP) is 2.00. The van der Waals surface area contributed by atoms with Crippen molar-refractivity contribution in [3.8, 4) is 5.75 Å². The van der Waals surface area contributed by atoms with Gasteiger partial charge in [0.1, 0.15) is 17.1 Å². The van der Waals surface area contributed by atoms with E-state index in [1.807, 2.05) is 6.92 Å². The Morgan fingerprint density at radius 2 is 2.26 bits per heavy atom. The second kappa shape index (κ2) is 5.07. The minimum atomic E-state index is -0.432. The van der Waals surface area contributed by atoms with Gasteiger partial charge in [-0.05, 0) is 24.1 Å². The van der Waals surface area contributed by atoms with Crippen LogP contribution >= 0.6 is 0 Å². The lowest BCUT2D eigenvalue weighted by atomic mass is 10.1. The van der Waals surface area contributed by atoms with Crippen LogP contribution in [0.3, 0.4) is 0 Å². The van der Waals surface area contributed by atoms with Crippen molar-refractivity contribution in [2.24, 2.45) is 5.84 Å². The minimum absolute atomic E-state index is 0.00146. The van der Waals surface area contributed by atoms with E-state index >= 15 is 0 Å². The molecule has 2 rings (SSSR count). The molecule has 100 valence electrons. The van der Waals surface area contributed by atoms with Crippen LogP contribution in [-0.2, 0) is 6.42 Å². The monoisotopic (exact) mass is 262 g/mol. The Morgan fingerprint density at radius 3 is 2.79 bits per heavy atom. The summed E-state index contributed by atoms with van der Waals surface area (Å²) in [5.74, 6) is 6.39. The largest absolute Gasteiger partial charge is 0.494 e. The molecule has 0 aliphatic heterocycles. The number of pyridine rings is 1. The highest BCUT2D eigenvalue weighted by atomic mass is 16.6. The number of hydrogen-bond donors (Lipinski definition) is 2. The first-order valence-corrected chi connectivity index (χ1v) is 5.74. The van der Waals surface area contributed by atoms with E-state index < -0.39 is 4.92 Å². The van der Waals surface area contributed by atoms with Crippen molar-refractivity contribution in [3.63, 3.8) is 0 Å². The molecular formula is C12H14N4O3. The molecule has 0 saturated heterocycles. The van der Waals surface area contributed by atoms with Crippen LogP contribution < -0.4 is 16.0 Å². The van der Waals surface area contributed by atoms with Gasteiger partial charge in [-0.25, -0.2) is 10.8 Å². The summed E-state index contributed by atoms with van der Waals surface area (Å²) >= 11 is 0. The Morgan fingerprint density at radius 1 is 1.53 bits per heavy atom. The number of nitro groups is 1. The molecule has 0 bridgehead atoms. The Hall–Kier alpha value is -2.41. The number of benzene rings is 1. The van der Waals surface area contributed by atoms with Crippen molar-refractivity contribution < 1.29 is 9.66 Å². The maximum absolute atomic E-state index is 11.1. The van der Waals surface area contributed by atoms with Crippen LogP contribution in [0, 0.1) is 10.1 Å². The molecule has 0 saturated carbocycles. The van der Waals surface area contributed by atoms with Crippen molar-refractivity contribution in [3.05, 3.63) is 33.9 Å². The van der Waals surface area contributed by atoms with Crippen LogP contribution in [0.5, 0.6) is 5.75 Å². The third kappa shape index (κ3) is 2.15. The first-order valence-electron chi connectivity index (χ1n) is 5.74. The highest BCUT2D eigenvalue weighted by molar-refractivity contribution is 5.94. The minimum Gasteiger partial charge on any atom is -0.494 e. The molecule has 1 heterocycles. The lowest BCUT2D eigenvalue weighted by molar-refractivity contribution is -0.383. The van der Waals surface area contributed by atoms with E-state index in [0.717, 1.165) is 5.56 Å². The van der Waals surface area contributed by atoms with Crippen molar-refractivity contribution in [2.75, 3.05) is 12.5 Å². The molecule has 7 nitrogen and oxygen atoms in total. The summed E-state index contributed by atoms with van der Waals surface area (Å²) in [5, 5.41) is 11.5. The number of nitro benzene ring substituents is 1. The van der Waals surface area contributed by atoms with Gasteiger partial charge in [-0.3, -0.25) is 10.1 Å². The number of nitrogens with two attached hydrogens (primary N) is 1. The molecule has 0 aliphatic rings. The zero-order chi connectivity index (χ0) is 14.0. The summed E-state index contributed by atoms with van der Waals surface area (Å²) in [6, 6.07) is 4.66. The quantitative estimate of drug-likeness (QED) is 0.496. The molecule has 0 atom stereocenters. The number of non-ortho nitro benzene ring substituents is 1. The van der Waals surface area contributed by atoms with Gasteiger partial charge in [0.15, 0.2) is 0 Å². The highest BCUT2D eigenvalue weighted by Crippen LogP contribution is 2.34. The Bertz CT molecular complexity index is 642. The number of nitrogens with one attached hydrogen (secondary N) is 1. The van der Waals surface area contributed by atoms with Crippen LogP contribution in [0.25, 0.3) is 10.9 Å². The molecule has 0 aliphatic carbocycles. The van der Waals surface area contributed by atoms with E-state index in [1.165, 1.54) is 19.2 Å². The van der Waals surface area contributed by atoms with Crippen LogP contribution in [0.15, 0.2) is 18.2 Å². The normalized spacial score (nSPS) is 10.5. The van der Waals surface area contributed by atoms with Gasteiger partial charge in [0, 0.05) is 6.07 Å². The van der Waals surface area contributed by atoms with E-state index in [-0.39, 0.29) is 5.69 Å². The van der Waals surface area contributed by atoms with Crippen molar-refractivity contribution in [2.45, 2.75) is 13.3 Å². The highest BCUT2D eigenvalue weighted by Gasteiger charge is 2.18. The maximum Gasteiger partial charge on any atom is 0.279 e. The number of nitrogens with zero attached hydrogens (tertiary/aromatic N) is 2. The van der Waals surface area contributed by atoms with Gasteiger partial charge in [-0.15, -0.1) is 0 Å². The average molecular weight is 262 g/mol. The second-order valence-corrected chi connectivity index (χ2v) is 3.93. The first kappa shape index (κ1) is 13.0. The predicted molar refractivity (Wildman–Crippen MR) is 72.1 cm³/mol. The number of aryl methyl sites for hydroxylation is 1. The molecule has 7 heteroatoms. The number of methoxy groups -OCH3 is 1. The third-order valence-electron chi connectivity index (χ3n) is 2.94. The molecule has 0 unspecified atom stereocenters. The standard InChI is InChI=1S/C12H14N4O3/c1-3-7-6-8-9(16(17)18)4-5-10(19-2)11(8)14-12(7)15-13/h4-6H,3,13H2,1-2H3,(H,14,15). The summed E-state index contributed by atoms with van der Waals surface area (Å²) in [6.07, 6.45) is 0.664. The SMILES string of the molecule is CCc1cc2c([N+](=O)[O-])ccc(OC)c2nc1NN. The summed E-state index contributed by atoms with van der Waals surface area (Å²) in [7, 11) is 1.49. The lowest BCUT2D eigenvalue weighted by Gasteiger charge is -2.10. The van der Waals surface area contributed by atoms with Crippen LogP contribution in [-0.4, -0.2) is 17.0 Å². The Balaban J connectivity index is 2.86. The summed E-state index contributed by atoms with van der Waals surface area (Å²) in [6.45, 7) is 1.93. The number of fused-ring (bicyclic) bond motifs is 1. The van der Waals surface area contributed by atoms with Gasteiger partial charge in [-0.1, -0.05) is 6.92 Å². The Labute approximate surface area is 109 Å². The number of ether oxygens (including phenoxy) is 1. The topological polar surface area (TPSA) is 103 Å². The zero-order valence-corrected chi connectivity index (χ0v) is 10.6. The molecule has 0 amide bonds. The van der Waals surface area contributed by atoms with Crippen molar-refractivity contribution >= 4 is 22.4 Å². The summed E-state index contributed by atoms with van der Waals surface area (Å²) in [4.78, 5) is 14.9. The first-order chi connectivity index (χ1) is 9.12. The molecule has 3 N–H and O–H groups in total. The Kier molecular flexibility index (Phi) is 3.48. The van der Waals surface area contributed by atoms with E-state index in [1.54, 1.807) is 6.07 Å². The fourth-order valence-corrected chi connectivity index (χ4v) is 1.98. The fourth-order valence-electron chi connectivity index (χ4n) is 1.98. The molecule has 1 aromatic heterocycles. The third-order valence-corrected chi connectivity index (χ3v) is 2.94. The molecule has 19 heavy (non-hydrogen) atoms. The van der Waals surface area contributed by atoms with Gasteiger partial charge in [0.05, 0.1) is 17.4 Å². The van der Waals surface area contributed by atoms with Crippen LogP contribution in [0.4, 0.5) is 11.5 Å². The van der Waals surface area contributed by atoms with Crippen molar-refractivity contribution in [1.29, 1.82) is 0 Å². The smallest absolute Gasteiger partial charge is 0.279 e. The number of anilines is 1. The van der Waals surface area contributed by atoms with Crippen LogP contribution in [0.1, 0.15) is 12.5 Å². The lowest BCUT2D eigenvalue weighted by Crippen LogP contribution is -2.11. The molecule has 0 spiro atoms. The zero-order valence-electron chi connectivity index (χ0n) is 10.6. The van der Waals surface area contributed by atoms with E-state index in [9.17, 15) is 10.1 Å². The second-order valence-electron chi connectivity index (χ2n) is 3.93. The van der Waals surface area contributed by atoms with Gasteiger partial charge in [0.25, 0.3) is 5.69 Å². The molecule has 0 radical (unpaired) electrons. The van der Waals surface area contributed by atoms with E-state index in [4.69, 9.17) is 10.6 Å². The van der Waals surface area contributed by atoms with E-state index in [0.29, 0.717) is 28.9 Å². The number of nitrogen functional groups attached to an aromatic ring is 1. The van der Waals surface area contributed by atoms with Gasteiger partial charge >= 0.3 is 0 Å². The van der Waals surface area contributed by atoms with Crippen molar-refractivity contribution in [1.82, 2.24) is 4.98 Å². The molecule has 2 aromatic rings.